The van der Waals surface area contributed by atoms with Gasteiger partial charge < -0.3 is 29.6 Å². The van der Waals surface area contributed by atoms with E-state index in [2.05, 4.69) is 38.4 Å². The molecule has 2 aromatic carbocycles. The normalized spacial score (nSPS) is 24.9. The fourth-order valence-corrected chi connectivity index (χ4v) is 8.29. The number of aryl methyl sites for hydroxylation is 1. The van der Waals surface area contributed by atoms with Crippen LogP contribution < -0.4 is 10.5 Å². The van der Waals surface area contributed by atoms with Crippen molar-refractivity contribution < 1.29 is 19.4 Å². The van der Waals surface area contributed by atoms with E-state index in [4.69, 9.17) is 15.5 Å². The number of carbonyl (C=O) groups excluding carboxylic acids is 2. The summed E-state index contributed by atoms with van der Waals surface area (Å²) in [5.74, 6) is 1.92. The van der Waals surface area contributed by atoms with Crippen LogP contribution in [0.2, 0.25) is 0 Å². The van der Waals surface area contributed by atoms with Crippen LogP contribution in [-0.2, 0) is 18.4 Å². The van der Waals surface area contributed by atoms with Crippen molar-refractivity contribution in [3.8, 4) is 17.3 Å². The van der Waals surface area contributed by atoms with E-state index >= 15 is 0 Å². The number of dihydropyridines is 1. The average molecular weight is 643 g/mol. The van der Waals surface area contributed by atoms with E-state index in [0.717, 1.165) is 58.4 Å². The second-order valence-corrected chi connectivity index (χ2v) is 14.1. The molecule has 0 spiro atoms. The molecule has 0 radical (unpaired) electrons. The van der Waals surface area contributed by atoms with Gasteiger partial charge >= 0.3 is 0 Å². The number of methoxy groups -OCH3 is 1. The molecule has 9 rings (SSSR count). The first-order valence-electron chi connectivity index (χ1n) is 16.9. The highest BCUT2D eigenvalue weighted by atomic mass is 16.5. The topological polar surface area (TPSA) is 128 Å². The number of aliphatic hydroxyl groups excluding tert-OH is 1. The van der Waals surface area contributed by atoms with E-state index in [1.54, 1.807) is 14.0 Å². The molecule has 4 heterocycles. The maximum atomic E-state index is 13.8. The van der Waals surface area contributed by atoms with Crippen LogP contribution in [0.5, 0.6) is 5.75 Å². The van der Waals surface area contributed by atoms with Crippen molar-refractivity contribution in [2.24, 2.45) is 29.6 Å². The van der Waals surface area contributed by atoms with Gasteiger partial charge in [0.1, 0.15) is 17.0 Å². The van der Waals surface area contributed by atoms with Crippen molar-refractivity contribution >= 4 is 39.5 Å². The number of nitrogens with zero attached hydrogens (tertiary/aromatic N) is 5. The number of fused-ring (bicyclic) bond motifs is 5. The highest BCUT2D eigenvalue weighted by molar-refractivity contribution is 6.21. The summed E-state index contributed by atoms with van der Waals surface area (Å²) in [6.07, 6.45) is 10.3. The summed E-state index contributed by atoms with van der Waals surface area (Å²) in [6, 6.07) is 12.6. The number of hydrogen-bond acceptors (Lipinski definition) is 6. The average Bonchev–Trinajstić information content (AvgIpc) is 3.50. The minimum Gasteiger partial charge on any atom is -0.507 e. The molecule has 2 amide bonds. The lowest BCUT2D eigenvalue weighted by Gasteiger charge is -2.27. The van der Waals surface area contributed by atoms with Crippen molar-refractivity contribution in [2.75, 3.05) is 13.7 Å². The second-order valence-electron chi connectivity index (χ2n) is 14.1. The number of carbonyl (C=O) groups is 2. The molecule has 3 N–H and O–H groups in total. The molecule has 2 bridgehead atoms. The summed E-state index contributed by atoms with van der Waals surface area (Å²) >= 11 is 0. The van der Waals surface area contributed by atoms with E-state index in [9.17, 15) is 14.7 Å². The fourth-order valence-electron chi connectivity index (χ4n) is 8.29. The van der Waals surface area contributed by atoms with E-state index in [0.29, 0.717) is 41.0 Å². The Bertz CT molecular complexity index is 2210. The zero-order valence-electron chi connectivity index (χ0n) is 27.3. The number of likely N-dealkylation sites (tertiary alicyclic amines) is 1. The van der Waals surface area contributed by atoms with Crippen molar-refractivity contribution in [3.63, 3.8) is 0 Å². The smallest absolute Gasteiger partial charge is 0.276 e. The molecule has 3 unspecified atom stereocenters. The quantitative estimate of drug-likeness (QED) is 0.283. The Morgan fingerprint density at radius 2 is 1.96 bits per heavy atom. The monoisotopic (exact) mass is 642 g/mol. The van der Waals surface area contributed by atoms with Gasteiger partial charge in [0, 0.05) is 60.2 Å². The van der Waals surface area contributed by atoms with Gasteiger partial charge in [-0.2, -0.15) is 0 Å². The van der Waals surface area contributed by atoms with Crippen molar-refractivity contribution in [2.45, 2.75) is 57.2 Å². The van der Waals surface area contributed by atoms with Crippen molar-refractivity contribution in [1.29, 1.82) is 0 Å². The molecule has 3 aliphatic carbocycles. The van der Waals surface area contributed by atoms with E-state index < -0.39 is 5.91 Å². The Morgan fingerprint density at radius 3 is 2.69 bits per heavy atom. The maximum Gasteiger partial charge on any atom is 0.276 e. The maximum absolute atomic E-state index is 13.8. The zero-order valence-corrected chi connectivity index (χ0v) is 27.3. The minimum atomic E-state index is -0.403. The Balaban J connectivity index is 1.13. The zero-order chi connectivity index (χ0) is 33.0. The number of ether oxygens (including phenoxy) is 1. The number of imidazole rings is 1. The standard InChI is InChI=1S/C38H38N6O4/c1-19-35(45)26-12-21(8-10-27(26)41-37(19)46)22-6-7-23-15-31(43(30(23)14-22)17-20-4-5-20)36-40-28-13-25(16-32(48-3)34(28)42(36)2)38(47)44-18-24-9-11-29(44)33(24)39/h6-8,10,12-16,20-21,24,29,33,45H,4-5,9,11,17-18,39H2,1-3H3/t21?,24?,29?,33-/m1/s1. The molecule has 244 valence electrons. The van der Waals surface area contributed by atoms with E-state index in [1.807, 2.05) is 42.3 Å². The molecule has 48 heavy (non-hydrogen) atoms. The molecule has 1 saturated heterocycles. The van der Waals surface area contributed by atoms with Gasteiger partial charge in [0.05, 0.1) is 29.6 Å². The number of aliphatic hydroxyl groups is 1. The fraction of sp³-hybridized carbons (Fsp3) is 0.368. The van der Waals surface area contributed by atoms with Gasteiger partial charge in [-0.15, -0.1) is 0 Å². The number of benzene rings is 2. The summed E-state index contributed by atoms with van der Waals surface area (Å²) in [5, 5.41) is 11.9. The predicted molar refractivity (Wildman–Crippen MR) is 184 cm³/mol. The SMILES string of the molecule is COc1cc(C(=O)N2CC3CCC2[C@@H]3N)cc2nc(-c3cc4ccc(C5C=CC6=NC(=O)C(C)=C(O)C6=C5)cc4n3CC3CC3)n(C)c12. The van der Waals surface area contributed by atoms with Gasteiger partial charge in [0.2, 0.25) is 0 Å². The Morgan fingerprint density at radius 1 is 1.12 bits per heavy atom. The van der Waals surface area contributed by atoms with Crippen LogP contribution in [-0.4, -0.2) is 67.4 Å². The van der Waals surface area contributed by atoms with Gasteiger partial charge in [-0.1, -0.05) is 24.3 Å². The van der Waals surface area contributed by atoms with E-state index in [1.165, 1.54) is 12.8 Å². The number of aliphatic imine (C=N–C) groups is 1. The number of hydrogen-bond donors (Lipinski definition) is 2. The van der Waals surface area contributed by atoms with Gasteiger partial charge in [-0.05, 0) is 80.3 Å². The second kappa shape index (κ2) is 10.5. The largest absolute Gasteiger partial charge is 0.507 e. The number of amides is 2. The lowest BCUT2D eigenvalue weighted by molar-refractivity contribution is -0.114. The number of nitrogens with two attached hydrogens (primary N) is 1. The minimum absolute atomic E-state index is 0.00167. The molecular weight excluding hydrogens is 604 g/mol. The summed E-state index contributed by atoms with van der Waals surface area (Å²) in [4.78, 5) is 37.2. The van der Waals surface area contributed by atoms with Crippen LogP contribution in [0.15, 0.2) is 76.5 Å². The summed E-state index contributed by atoms with van der Waals surface area (Å²) < 4.78 is 10.3. The third-order valence-corrected chi connectivity index (χ3v) is 11.2. The van der Waals surface area contributed by atoms with Gasteiger partial charge in [0.25, 0.3) is 11.8 Å². The molecule has 4 atom stereocenters. The first kappa shape index (κ1) is 29.2. The molecule has 4 aromatic rings. The summed E-state index contributed by atoms with van der Waals surface area (Å²) in [5.41, 5.74) is 13.1. The lowest BCUT2D eigenvalue weighted by Crippen LogP contribution is -2.41. The number of aromatic nitrogens is 3. The third-order valence-electron chi connectivity index (χ3n) is 11.2. The van der Waals surface area contributed by atoms with Crippen molar-refractivity contribution in [3.05, 3.63) is 82.7 Å². The lowest BCUT2D eigenvalue weighted by atomic mass is 9.87. The first-order chi connectivity index (χ1) is 23.2. The molecule has 3 fully saturated rings. The molecule has 5 aliphatic rings. The highest BCUT2D eigenvalue weighted by Gasteiger charge is 2.47. The van der Waals surface area contributed by atoms with Crippen LogP contribution in [0.4, 0.5) is 0 Å². The Kier molecular flexibility index (Phi) is 6.40. The third kappa shape index (κ3) is 4.35. The Hall–Kier alpha value is -4.96. The van der Waals surface area contributed by atoms with E-state index in [-0.39, 0.29) is 35.2 Å². The van der Waals surface area contributed by atoms with Gasteiger partial charge in [-0.25, -0.2) is 9.98 Å². The predicted octanol–water partition coefficient (Wildman–Crippen LogP) is 5.57. The van der Waals surface area contributed by atoms with Gasteiger partial charge in [0.15, 0.2) is 5.82 Å². The molecule has 10 heteroatoms. The number of piperidine rings is 1. The Labute approximate surface area is 277 Å². The summed E-state index contributed by atoms with van der Waals surface area (Å²) in [7, 11) is 3.65. The molecule has 2 saturated carbocycles. The molecule has 2 aromatic heterocycles. The number of allylic oxidation sites excluding steroid dienone is 4. The van der Waals surface area contributed by atoms with Crippen LogP contribution in [0, 0.1) is 11.8 Å². The molecule has 10 nitrogen and oxygen atoms in total. The van der Waals surface area contributed by atoms with Crippen LogP contribution in [0.25, 0.3) is 33.5 Å². The van der Waals surface area contributed by atoms with Gasteiger partial charge in [-0.3, -0.25) is 9.59 Å². The highest BCUT2D eigenvalue weighted by Crippen LogP contribution is 2.41. The molecular formula is C38H38N6O4. The van der Waals surface area contributed by atoms with Crippen molar-refractivity contribution in [1.82, 2.24) is 19.0 Å². The van der Waals surface area contributed by atoms with Crippen LogP contribution in [0.1, 0.15) is 54.4 Å². The first-order valence-corrected chi connectivity index (χ1v) is 16.9. The van der Waals surface area contributed by atoms with Crippen LogP contribution in [0.3, 0.4) is 0 Å². The number of rotatable bonds is 6. The van der Waals surface area contributed by atoms with Crippen LogP contribution >= 0.6 is 0 Å². The summed E-state index contributed by atoms with van der Waals surface area (Å²) in [6.45, 7) is 3.20. The molecule has 2 aliphatic heterocycles.